The zero-order valence-electron chi connectivity index (χ0n) is 11.4. The maximum Gasteiger partial charge on any atom is 0.0550 e. The molecule has 3 aromatic rings. The van der Waals surface area contributed by atoms with Crippen molar-refractivity contribution in [2.45, 2.75) is 11.0 Å². The first-order valence-electron chi connectivity index (χ1n) is 6.77. The number of rotatable bonds is 5. The first-order valence-corrected chi connectivity index (χ1v) is 9.49. The molecular formula is C18H15BrS2. The van der Waals surface area contributed by atoms with Crippen LogP contribution >= 0.6 is 39.0 Å². The van der Waals surface area contributed by atoms with Crippen LogP contribution < -0.4 is 0 Å². The van der Waals surface area contributed by atoms with Gasteiger partial charge in [-0.1, -0.05) is 64.5 Å². The minimum atomic E-state index is 0.366. The molecule has 0 amide bonds. The van der Waals surface area contributed by atoms with Crippen LogP contribution in [0.1, 0.15) is 21.3 Å². The number of thiophene rings is 1. The van der Waals surface area contributed by atoms with Gasteiger partial charge in [-0.3, -0.25) is 0 Å². The van der Waals surface area contributed by atoms with E-state index in [4.69, 9.17) is 0 Å². The maximum absolute atomic E-state index is 3.59. The molecule has 0 spiro atoms. The van der Waals surface area contributed by atoms with E-state index in [0.29, 0.717) is 5.25 Å². The van der Waals surface area contributed by atoms with Crippen molar-refractivity contribution in [2.75, 3.05) is 0 Å². The van der Waals surface area contributed by atoms with E-state index in [9.17, 15) is 0 Å². The molecule has 0 fully saturated rings. The lowest BCUT2D eigenvalue weighted by molar-refractivity contribution is 1.15. The number of hydrogen-bond acceptors (Lipinski definition) is 2. The molecule has 1 unspecified atom stereocenters. The van der Waals surface area contributed by atoms with Crippen molar-refractivity contribution >= 4 is 39.0 Å². The monoisotopic (exact) mass is 374 g/mol. The molecule has 0 saturated heterocycles. The molecule has 0 aliphatic carbocycles. The fourth-order valence-corrected chi connectivity index (χ4v) is 4.74. The minimum absolute atomic E-state index is 0.366. The summed E-state index contributed by atoms with van der Waals surface area (Å²) in [7, 11) is 0. The molecule has 2 aromatic carbocycles. The molecule has 0 saturated carbocycles. The molecule has 1 heterocycles. The van der Waals surface area contributed by atoms with Gasteiger partial charge in [0.2, 0.25) is 0 Å². The molecule has 3 rings (SSSR count). The smallest absolute Gasteiger partial charge is 0.0550 e. The average Bonchev–Trinajstić information content (AvgIpc) is 3.02. The summed E-state index contributed by atoms with van der Waals surface area (Å²) in [5.74, 6) is 1.05. The largest absolute Gasteiger partial charge is 0.148 e. The summed E-state index contributed by atoms with van der Waals surface area (Å²) in [4.78, 5) is 1.43. The zero-order valence-corrected chi connectivity index (χ0v) is 14.6. The van der Waals surface area contributed by atoms with Crippen molar-refractivity contribution in [1.29, 1.82) is 0 Å². The summed E-state index contributed by atoms with van der Waals surface area (Å²) >= 11 is 7.40. The van der Waals surface area contributed by atoms with Crippen LogP contribution in [-0.4, -0.2) is 0 Å². The van der Waals surface area contributed by atoms with Crippen LogP contribution in [0.3, 0.4) is 0 Å². The Morgan fingerprint density at radius 2 is 1.71 bits per heavy atom. The second kappa shape index (κ2) is 7.30. The van der Waals surface area contributed by atoms with Gasteiger partial charge in [0.25, 0.3) is 0 Å². The summed E-state index contributed by atoms with van der Waals surface area (Å²) in [5.41, 5.74) is 2.70. The molecule has 0 N–H and O–H groups in total. The normalized spacial score (nSPS) is 12.2. The Kier molecular flexibility index (Phi) is 5.17. The SMILES string of the molecule is Brc1cccc(C(SCc2cccs2)c2ccccc2)c1. The van der Waals surface area contributed by atoms with E-state index in [1.54, 1.807) is 0 Å². The zero-order chi connectivity index (χ0) is 14.5. The number of hydrogen-bond donors (Lipinski definition) is 0. The van der Waals surface area contributed by atoms with E-state index >= 15 is 0 Å². The molecule has 1 aromatic heterocycles. The number of halogens is 1. The predicted molar refractivity (Wildman–Crippen MR) is 98.0 cm³/mol. The van der Waals surface area contributed by atoms with Gasteiger partial charge >= 0.3 is 0 Å². The highest BCUT2D eigenvalue weighted by Gasteiger charge is 2.15. The molecule has 0 radical (unpaired) electrons. The topological polar surface area (TPSA) is 0 Å². The summed E-state index contributed by atoms with van der Waals surface area (Å²) < 4.78 is 1.14. The third-order valence-corrected chi connectivity index (χ3v) is 6.13. The van der Waals surface area contributed by atoms with Crippen molar-refractivity contribution < 1.29 is 0 Å². The van der Waals surface area contributed by atoms with Gasteiger partial charge in [-0.25, -0.2) is 0 Å². The Labute approximate surface area is 142 Å². The highest BCUT2D eigenvalue weighted by molar-refractivity contribution is 9.10. The van der Waals surface area contributed by atoms with Crippen LogP contribution in [0.15, 0.2) is 76.6 Å². The van der Waals surface area contributed by atoms with Gasteiger partial charge in [0, 0.05) is 15.1 Å². The third-order valence-electron chi connectivity index (χ3n) is 3.23. The van der Waals surface area contributed by atoms with Crippen LogP contribution in [0.5, 0.6) is 0 Å². The Morgan fingerprint density at radius 1 is 0.905 bits per heavy atom. The minimum Gasteiger partial charge on any atom is -0.148 e. The lowest BCUT2D eigenvalue weighted by atomic mass is 10.0. The number of benzene rings is 2. The van der Waals surface area contributed by atoms with E-state index in [-0.39, 0.29) is 0 Å². The van der Waals surface area contributed by atoms with Gasteiger partial charge in [0.05, 0.1) is 5.25 Å². The summed E-state index contributed by atoms with van der Waals surface area (Å²) in [6, 6.07) is 23.7. The quantitative estimate of drug-likeness (QED) is 0.488. The van der Waals surface area contributed by atoms with Gasteiger partial charge in [-0.15, -0.1) is 23.1 Å². The first-order chi connectivity index (χ1) is 10.3. The molecule has 0 aliphatic rings. The molecule has 3 heteroatoms. The van der Waals surface area contributed by atoms with Crippen LogP contribution in [0, 0.1) is 0 Å². The molecule has 1 atom stereocenters. The van der Waals surface area contributed by atoms with Crippen LogP contribution in [-0.2, 0) is 5.75 Å². The van der Waals surface area contributed by atoms with Crippen molar-refractivity contribution in [3.63, 3.8) is 0 Å². The van der Waals surface area contributed by atoms with Crippen molar-refractivity contribution in [3.05, 3.63) is 92.6 Å². The fourth-order valence-electron chi connectivity index (χ4n) is 2.24. The molecule has 0 bridgehead atoms. The summed E-state index contributed by atoms with van der Waals surface area (Å²) in [6.07, 6.45) is 0. The second-order valence-corrected chi connectivity index (χ2v) is 7.78. The molecule has 106 valence electrons. The van der Waals surface area contributed by atoms with Gasteiger partial charge < -0.3 is 0 Å². The van der Waals surface area contributed by atoms with E-state index in [0.717, 1.165) is 10.2 Å². The average molecular weight is 375 g/mol. The molecular weight excluding hydrogens is 360 g/mol. The van der Waals surface area contributed by atoms with E-state index in [2.05, 4.69) is 88.0 Å². The molecule has 0 aliphatic heterocycles. The van der Waals surface area contributed by atoms with Crippen LogP contribution in [0.4, 0.5) is 0 Å². The fraction of sp³-hybridized carbons (Fsp3) is 0.111. The van der Waals surface area contributed by atoms with Crippen molar-refractivity contribution in [1.82, 2.24) is 0 Å². The van der Waals surface area contributed by atoms with Crippen LogP contribution in [0.25, 0.3) is 0 Å². The van der Waals surface area contributed by atoms with Gasteiger partial charge in [-0.05, 0) is 34.7 Å². The summed E-state index contributed by atoms with van der Waals surface area (Å²) in [6.45, 7) is 0. The Hall–Kier alpha value is -1.03. The van der Waals surface area contributed by atoms with E-state index < -0.39 is 0 Å². The van der Waals surface area contributed by atoms with Gasteiger partial charge in [0.1, 0.15) is 0 Å². The lowest BCUT2D eigenvalue weighted by Crippen LogP contribution is -1.97. The third kappa shape index (κ3) is 4.00. The van der Waals surface area contributed by atoms with Crippen LogP contribution in [0.2, 0.25) is 0 Å². The summed E-state index contributed by atoms with van der Waals surface area (Å²) in [5, 5.41) is 2.51. The Morgan fingerprint density at radius 3 is 2.43 bits per heavy atom. The van der Waals surface area contributed by atoms with Gasteiger partial charge in [-0.2, -0.15) is 0 Å². The standard InChI is InChI=1S/C18H15BrS2/c19-16-9-4-8-15(12-16)18(14-6-2-1-3-7-14)21-13-17-10-5-11-20-17/h1-12,18H,13H2. The highest BCUT2D eigenvalue weighted by atomic mass is 79.9. The molecule has 21 heavy (non-hydrogen) atoms. The van der Waals surface area contributed by atoms with E-state index in [1.165, 1.54) is 16.0 Å². The Balaban J connectivity index is 1.87. The Bertz CT molecular complexity index is 677. The number of thioether (sulfide) groups is 1. The second-order valence-electron chi connectivity index (χ2n) is 4.74. The van der Waals surface area contributed by atoms with Gasteiger partial charge in [0.15, 0.2) is 0 Å². The lowest BCUT2D eigenvalue weighted by Gasteiger charge is -2.17. The highest BCUT2D eigenvalue weighted by Crippen LogP contribution is 2.38. The molecule has 0 nitrogen and oxygen atoms in total. The van der Waals surface area contributed by atoms with E-state index in [1.807, 2.05) is 23.1 Å². The van der Waals surface area contributed by atoms with Crippen molar-refractivity contribution in [2.24, 2.45) is 0 Å². The first kappa shape index (κ1) is 14.9. The maximum atomic E-state index is 3.59. The van der Waals surface area contributed by atoms with Crippen molar-refractivity contribution in [3.8, 4) is 0 Å². The predicted octanol–water partition coefficient (Wildman–Crippen LogP) is 6.53.